The van der Waals surface area contributed by atoms with Crippen LogP contribution < -0.4 is 11.1 Å². The molecule has 0 bridgehead atoms. The molecule has 0 spiro atoms. The van der Waals surface area contributed by atoms with E-state index >= 15 is 0 Å². The number of aromatic carboxylic acids is 1. The molecule has 0 radical (unpaired) electrons. The smallest absolute Gasteiger partial charge is 0.337 e. The van der Waals surface area contributed by atoms with Gasteiger partial charge in [-0.25, -0.2) is 9.59 Å². The number of hydrogen-bond acceptors (Lipinski definition) is 6. The molecule has 2 amide bonds. The standard InChI is InChI=1S/C15H15NO2.C10H21N3O.C6H13NO2/c1-10-6-5-9-13(11(10)2)16-14-8-4-3-7-12(14)15(17)18;1-4-12(5-2)10(14)13-8-6-11(3)7-9-13;1-2-3-4-5(7)6(8)9/h3-9,16H,1-2H3,(H,17,18);4-9H2,1-3H3;5H,2-4,7H2,1H3,(H,8,9). The van der Waals surface area contributed by atoms with Gasteiger partial charge in [0.1, 0.15) is 6.04 Å². The highest BCUT2D eigenvalue weighted by molar-refractivity contribution is 5.95. The lowest BCUT2D eigenvalue weighted by molar-refractivity contribution is -0.138. The van der Waals surface area contributed by atoms with Gasteiger partial charge >= 0.3 is 18.0 Å². The minimum atomic E-state index is -0.927. The maximum absolute atomic E-state index is 11.9. The van der Waals surface area contributed by atoms with Crippen LogP contribution in [-0.4, -0.2) is 95.2 Å². The summed E-state index contributed by atoms with van der Waals surface area (Å²) in [5, 5.41) is 20.6. The van der Waals surface area contributed by atoms with E-state index in [1.54, 1.807) is 18.2 Å². The summed E-state index contributed by atoms with van der Waals surface area (Å²) < 4.78 is 0. The summed E-state index contributed by atoms with van der Waals surface area (Å²) in [6.07, 6.45) is 2.49. The monoisotopic (exact) mass is 571 g/mol. The van der Waals surface area contributed by atoms with Crippen molar-refractivity contribution >= 4 is 29.3 Å². The van der Waals surface area contributed by atoms with Crippen molar-refractivity contribution in [3.05, 3.63) is 59.2 Å². The molecule has 0 saturated carbocycles. The molecule has 2 aromatic rings. The molecule has 1 unspecified atom stereocenters. The summed E-state index contributed by atoms with van der Waals surface area (Å²) in [6.45, 7) is 15.4. The van der Waals surface area contributed by atoms with Gasteiger partial charge in [-0.05, 0) is 70.5 Å². The maximum atomic E-state index is 11.9. The molecule has 3 rings (SSSR count). The van der Waals surface area contributed by atoms with Gasteiger partial charge in [-0.3, -0.25) is 4.79 Å². The number of amides is 2. The molecule has 10 nitrogen and oxygen atoms in total. The SMILES string of the molecule is CCCCC(N)C(=O)O.CCN(CC)C(=O)N1CCN(C)CC1.Cc1cccc(Nc2ccccc2C(=O)O)c1C. The van der Waals surface area contributed by atoms with Gasteiger partial charge in [0.15, 0.2) is 0 Å². The van der Waals surface area contributed by atoms with Crippen molar-refractivity contribution in [1.29, 1.82) is 0 Å². The third kappa shape index (κ3) is 12.2. The highest BCUT2D eigenvalue weighted by atomic mass is 16.4. The number of para-hydroxylation sites is 1. The second-order valence-corrected chi connectivity index (χ2v) is 10.1. The lowest BCUT2D eigenvalue weighted by atomic mass is 10.1. The van der Waals surface area contributed by atoms with Crippen LogP contribution in [0.2, 0.25) is 0 Å². The first-order valence-electron chi connectivity index (χ1n) is 14.3. The highest BCUT2D eigenvalue weighted by Crippen LogP contribution is 2.25. The Morgan fingerprint density at radius 1 is 0.927 bits per heavy atom. The summed E-state index contributed by atoms with van der Waals surface area (Å²) in [7, 11) is 2.10. The van der Waals surface area contributed by atoms with E-state index in [4.69, 9.17) is 15.9 Å². The van der Waals surface area contributed by atoms with Crippen LogP contribution in [0.25, 0.3) is 0 Å². The molecular weight excluding hydrogens is 522 g/mol. The van der Waals surface area contributed by atoms with E-state index in [1.165, 1.54) is 5.56 Å². The zero-order valence-corrected chi connectivity index (χ0v) is 25.5. The van der Waals surface area contributed by atoms with Crippen LogP contribution in [0.3, 0.4) is 0 Å². The number of carbonyl (C=O) groups excluding carboxylic acids is 1. The minimum Gasteiger partial charge on any atom is -0.480 e. The molecule has 41 heavy (non-hydrogen) atoms. The number of benzene rings is 2. The van der Waals surface area contributed by atoms with Gasteiger partial charge in [-0.2, -0.15) is 0 Å². The van der Waals surface area contributed by atoms with E-state index in [-0.39, 0.29) is 11.6 Å². The number of unbranched alkanes of at least 4 members (excludes halogenated alkanes) is 1. The fourth-order valence-corrected chi connectivity index (χ4v) is 4.05. The van der Waals surface area contributed by atoms with Gasteiger partial charge in [0.05, 0.1) is 11.3 Å². The molecule has 1 aliphatic rings. The van der Waals surface area contributed by atoms with Gasteiger partial charge in [-0.1, -0.05) is 44.0 Å². The van der Waals surface area contributed by atoms with E-state index in [0.29, 0.717) is 12.1 Å². The van der Waals surface area contributed by atoms with E-state index in [1.807, 2.05) is 68.7 Å². The largest absolute Gasteiger partial charge is 0.480 e. The fraction of sp³-hybridized carbons (Fsp3) is 0.516. The average Bonchev–Trinajstić information content (AvgIpc) is 2.96. The molecule has 1 saturated heterocycles. The average molecular weight is 572 g/mol. The first kappa shape index (κ1) is 35.4. The highest BCUT2D eigenvalue weighted by Gasteiger charge is 2.22. The Morgan fingerprint density at radius 2 is 1.51 bits per heavy atom. The number of aryl methyl sites for hydroxylation is 1. The lowest BCUT2D eigenvalue weighted by Gasteiger charge is -2.35. The molecule has 0 aromatic heterocycles. The van der Waals surface area contributed by atoms with Crippen molar-refractivity contribution in [3.63, 3.8) is 0 Å². The number of hydrogen-bond donors (Lipinski definition) is 4. The molecule has 10 heteroatoms. The van der Waals surface area contributed by atoms with Gasteiger partial charge in [0.25, 0.3) is 0 Å². The van der Waals surface area contributed by atoms with Crippen LogP contribution in [0.1, 0.15) is 61.5 Å². The number of nitrogens with two attached hydrogens (primary N) is 1. The zero-order chi connectivity index (χ0) is 30.9. The van der Waals surface area contributed by atoms with Gasteiger partial charge in [-0.15, -0.1) is 0 Å². The zero-order valence-electron chi connectivity index (χ0n) is 25.5. The lowest BCUT2D eigenvalue weighted by Crippen LogP contribution is -2.51. The van der Waals surface area contributed by atoms with Gasteiger partial charge in [0.2, 0.25) is 0 Å². The van der Waals surface area contributed by atoms with Gasteiger partial charge in [0, 0.05) is 45.0 Å². The molecule has 5 N–H and O–H groups in total. The number of carboxylic acids is 2. The minimum absolute atomic E-state index is 0.197. The summed E-state index contributed by atoms with van der Waals surface area (Å²) in [5.74, 6) is -1.83. The molecule has 1 atom stereocenters. The molecule has 1 aliphatic heterocycles. The number of nitrogens with one attached hydrogen (secondary N) is 1. The van der Waals surface area contributed by atoms with Crippen molar-refractivity contribution in [2.24, 2.45) is 5.73 Å². The summed E-state index contributed by atoms with van der Waals surface area (Å²) in [6, 6.07) is 12.4. The van der Waals surface area contributed by atoms with Crippen LogP contribution >= 0.6 is 0 Å². The molecular formula is C31H49N5O5. The van der Waals surface area contributed by atoms with Crippen LogP contribution in [0.15, 0.2) is 42.5 Å². The first-order chi connectivity index (χ1) is 19.5. The number of urea groups is 1. The van der Waals surface area contributed by atoms with Crippen molar-refractivity contribution in [1.82, 2.24) is 14.7 Å². The van der Waals surface area contributed by atoms with Crippen LogP contribution in [0.5, 0.6) is 0 Å². The fourth-order valence-electron chi connectivity index (χ4n) is 4.05. The molecule has 1 fully saturated rings. The maximum Gasteiger partial charge on any atom is 0.337 e. The Hall–Kier alpha value is -3.63. The van der Waals surface area contributed by atoms with Crippen LogP contribution in [-0.2, 0) is 4.79 Å². The topological polar surface area (TPSA) is 139 Å². The number of anilines is 2. The summed E-state index contributed by atoms with van der Waals surface area (Å²) in [5.41, 5.74) is 9.32. The summed E-state index contributed by atoms with van der Waals surface area (Å²) >= 11 is 0. The number of nitrogens with zero attached hydrogens (tertiary/aromatic N) is 3. The van der Waals surface area contributed by atoms with Crippen molar-refractivity contribution in [2.45, 2.75) is 59.9 Å². The van der Waals surface area contributed by atoms with Crippen LogP contribution in [0.4, 0.5) is 16.2 Å². The Kier molecular flexibility index (Phi) is 16.1. The van der Waals surface area contributed by atoms with Crippen LogP contribution in [0, 0.1) is 13.8 Å². The number of piperazine rings is 1. The third-order valence-corrected chi connectivity index (χ3v) is 7.03. The molecule has 2 aromatic carbocycles. The number of likely N-dealkylation sites (N-methyl/N-ethyl adjacent to an activating group) is 1. The third-order valence-electron chi connectivity index (χ3n) is 7.03. The Balaban J connectivity index is 0.000000327. The quantitative estimate of drug-likeness (QED) is 0.329. The predicted octanol–water partition coefficient (Wildman–Crippen LogP) is 5.03. The van der Waals surface area contributed by atoms with E-state index in [0.717, 1.165) is 63.4 Å². The predicted molar refractivity (Wildman–Crippen MR) is 165 cm³/mol. The van der Waals surface area contributed by atoms with E-state index < -0.39 is 18.0 Å². The Labute approximate surface area is 245 Å². The first-order valence-corrected chi connectivity index (χ1v) is 14.3. The van der Waals surface area contributed by atoms with E-state index in [9.17, 15) is 14.4 Å². The number of carbonyl (C=O) groups is 3. The number of carboxylic acid groups (broad SMARTS) is 2. The Bertz CT molecular complexity index is 1100. The molecule has 228 valence electrons. The van der Waals surface area contributed by atoms with Gasteiger partial charge < -0.3 is 36.0 Å². The van der Waals surface area contributed by atoms with E-state index in [2.05, 4.69) is 17.3 Å². The normalized spacial score (nSPS) is 13.6. The number of rotatable bonds is 9. The number of aliphatic carboxylic acids is 1. The molecule has 1 heterocycles. The second kappa shape index (κ2) is 18.7. The molecule has 0 aliphatic carbocycles. The van der Waals surface area contributed by atoms with Crippen molar-refractivity contribution < 1.29 is 24.6 Å². The van der Waals surface area contributed by atoms with Crippen molar-refractivity contribution in [2.75, 3.05) is 51.6 Å². The Morgan fingerprint density at radius 3 is 2.05 bits per heavy atom. The van der Waals surface area contributed by atoms with Crippen molar-refractivity contribution in [3.8, 4) is 0 Å². The summed E-state index contributed by atoms with van der Waals surface area (Å²) in [4.78, 5) is 39.2. The second-order valence-electron chi connectivity index (χ2n) is 10.1.